The van der Waals surface area contributed by atoms with Gasteiger partial charge in [-0.25, -0.2) is 0 Å². The van der Waals surface area contributed by atoms with Gasteiger partial charge in [0.2, 0.25) is 0 Å². The van der Waals surface area contributed by atoms with E-state index in [1.165, 1.54) is 0 Å². The predicted octanol–water partition coefficient (Wildman–Crippen LogP) is -2.01. The molecule has 0 amide bonds. The van der Waals surface area contributed by atoms with Gasteiger partial charge in [-0.2, -0.15) is 12.6 Å². The van der Waals surface area contributed by atoms with Crippen LogP contribution in [0.3, 0.4) is 0 Å². The zero-order valence-corrected chi connectivity index (χ0v) is 11.9. The molecule has 0 aromatic heterocycles. The van der Waals surface area contributed by atoms with E-state index in [1.807, 2.05) is 0 Å². The number of carbonyl (C=O) groups excluding carboxylic acids is 1. The van der Waals surface area contributed by atoms with E-state index in [0.29, 0.717) is 0 Å². The molecule has 0 unspecified atom stereocenters. The number of aliphatic carboxylic acids is 1. The van der Waals surface area contributed by atoms with Gasteiger partial charge in [-0.3, -0.25) is 0 Å². The molecule has 0 aliphatic heterocycles. The normalized spacial score (nSPS) is 10.4. The van der Waals surface area contributed by atoms with Crippen LogP contribution in [0.25, 0.3) is 0 Å². The number of rotatable bonds is 2. The van der Waals surface area contributed by atoms with E-state index < -0.39 is 12.0 Å². The van der Waals surface area contributed by atoms with Gasteiger partial charge in [-0.1, -0.05) is 0 Å². The van der Waals surface area contributed by atoms with E-state index in [4.69, 9.17) is 5.73 Å². The monoisotopic (exact) mass is 248 g/mol. The minimum atomic E-state index is -1.25. The van der Waals surface area contributed by atoms with Crippen molar-refractivity contribution in [2.45, 2.75) is 6.04 Å². The Morgan fingerprint density at radius 3 is 2.00 bits per heavy atom. The summed E-state index contributed by atoms with van der Waals surface area (Å²) in [5.41, 5.74) is 4.88. The van der Waals surface area contributed by atoms with Crippen LogP contribution in [0, 0.1) is 0 Å². The van der Waals surface area contributed by atoms with Crippen LogP contribution in [-0.2, 0) is 43.8 Å². The van der Waals surface area contributed by atoms with Crippen LogP contribution in [0.4, 0.5) is 0 Å². The van der Waals surface area contributed by atoms with Gasteiger partial charge in [-0.15, -0.1) is 0 Å². The molecule has 0 aromatic rings. The maximum absolute atomic E-state index is 9.65. The summed E-state index contributed by atoms with van der Waals surface area (Å²) in [7, 11) is 0. The Bertz CT molecular complexity index is 82.2. The second-order valence-corrected chi connectivity index (χ2v) is 1.47. The topological polar surface area (TPSA) is 66.2 Å². The molecule has 0 saturated heterocycles. The van der Waals surface area contributed by atoms with E-state index in [0.717, 1.165) is 0 Å². The van der Waals surface area contributed by atoms with Crippen molar-refractivity contribution in [2.75, 3.05) is 5.75 Å². The molecule has 0 fully saturated rings. The third-order valence-electron chi connectivity index (χ3n) is 0.499. The first-order valence-electron chi connectivity index (χ1n) is 1.75. The summed E-state index contributed by atoms with van der Waals surface area (Å²) in [4.78, 5) is 9.65. The maximum atomic E-state index is 9.65. The first-order chi connectivity index (χ1) is 3.18. The van der Waals surface area contributed by atoms with Gasteiger partial charge in [-0.05, 0) is 0 Å². The largest absolute Gasteiger partial charge is 2.00 e. The second kappa shape index (κ2) is 9.03. The summed E-state index contributed by atoms with van der Waals surface area (Å²) in [6, 6.07) is -0.927. The molecule has 1 atom stereocenters. The van der Waals surface area contributed by atoms with Crippen molar-refractivity contribution in [3.63, 3.8) is 0 Å². The van der Waals surface area contributed by atoms with Crippen molar-refractivity contribution < 1.29 is 48.9 Å². The van der Waals surface area contributed by atoms with Crippen LogP contribution in [0.2, 0.25) is 0 Å². The van der Waals surface area contributed by atoms with Crippen LogP contribution in [-0.4, -0.2) is 17.8 Å². The van der Waals surface area contributed by atoms with E-state index in [2.05, 4.69) is 12.6 Å². The molecular formula is C3H6NO2SZn2+3. The maximum Gasteiger partial charge on any atom is 2.00 e. The fourth-order valence-electron chi connectivity index (χ4n) is 0.0745. The molecule has 0 spiro atoms. The number of carboxylic acid groups (broad SMARTS) is 1. The minimum Gasteiger partial charge on any atom is -0.548 e. The zero-order valence-electron chi connectivity index (χ0n) is 5.04. The molecule has 0 bridgehead atoms. The summed E-state index contributed by atoms with van der Waals surface area (Å²) in [6.07, 6.45) is 0. The van der Waals surface area contributed by atoms with Crippen molar-refractivity contribution in [2.24, 2.45) is 5.73 Å². The van der Waals surface area contributed by atoms with E-state index in [1.54, 1.807) is 0 Å². The standard InChI is InChI=1S/C3H7NO2S.2Zn/c4-2(1-7)3(5)6;;/h2,7H,1,4H2,(H,5,6);;/q;2*+2/p-1/t2-;;/m0../s1. The Labute approximate surface area is 84.7 Å². The fourth-order valence-corrected chi connectivity index (χ4v) is 0.224. The first kappa shape index (κ1) is 16.5. The fraction of sp³-hybridized carbons (Fsp3) is 0.667. The summed E-state index contributed by atoms with van der Waals surface area (Å²) in [6.45, 7) is 0. The van der Waals surface area contributed by atoms with Gasteiger partial charge >= 0.3 is 39.0 Å². The molecule has 0 aliphatic rings. The molecule has 9 heavy (non-hydrogen) atoms. The molecular weight excluding hydrogens is 245 g/mol. The van der Waals surface area contributed by atoms with Crippen molar-refractivity contribution in [3.8, 4) is 0 Å². The van der Waals surface area contributed by atoms with Crippen molar-refractivity contribution in [1.82, 2.24) is 0 Å². The Balaban J connectivity index is -0.000000180. The van der Waals surface area contributed by atoms with Crippen LogP contribution in [0.1, 0.15) is 0 Å². The summed E-state index contributed by atoms with van der Waals surface area (Å²) >= 11 is 3.61. The smallest absolute Gasteiger partial charge is 0.548 e. The Morgan fingerprint density at radius 1 is 1.67 bits per heavy atom. The number of thiol groups is 1. The van der Waals surface area contributed by atoms with Gasteiger partial charge in [0, 0.05) is 5.75 Å². The van der Waals surface area contributed by atoms with Gasteiger partial charge in [0.05, 0.1) is 12.0 Å². The minimum absolute atomic E-state index is 0. The molecule has 3 nitrogen and oxygen atoms in total. The summed E-state index contributed by atoms with van der Waals surface area (Å²) in [5, 5.41) is 9.65. The predicted molar refractivity (Wildman–Crippen MR) is 26.8 cm³/mol. The van der Waals surface area contributed by atoms with E-state index >= 15 is 0 Å². The Hall–Kier alpha value is 1.03. The molecule has 0 aliphatic carbocycles. The number of carbonyl (C=O) groups is 1. The summed E-state index contributed by atoms with van der Waals surface area (Å²) in [5.74, 6) is -1.13. The quantitative estimate of drug-likeness (QED) is 0.440. The second-order valence-electron chi connectivity index (χ2n) is 1.11. The van der Waals surface area contributed by atoms with Gasteiger partial charge in [0.1, 0.15) is 0 Å². The van der Waals surface area contributed by atoms with Gasteiger partial charge < -0.3 is 15.6 Å². The number of hydrogen-bond donors (Lipinski definition) is 2. The molecule has 0 rings (SSSR count). The Morgan fingerprint density at radius 2 is 2.00 bits per heavy atom. The molecule has 6 heteroatoms. The Kier molecular flexibility index (Phi) is 16.6. The van der Waals surface area contributed by atoms with Crippen molar-refractivity contribution in [3.05, 3.63) is 0 Å². The summed E-state index contributed by atoms with van der Waals surface area (Å²) < 4.78 is 0. The SMILES string of the molecule is N[C@@H](CS)C(=O)[O-].[Zn+2].[Zn+2]. The molecule has 0 heterocycles. The molecule has 2 N–H and O–H groups in total. The zero-order chi connectivity index (χ0) is 5.86. The average molecular weight is 251 g/mol. The molecule has 42 valence electrons. The average Bonchev–Trinajstić information content (AvgIpc) is 1.65. The molecule has 0 aromatic carbocycles. The van der Waals surface area contributed by atoms with Crippen LogP contribution in [0.15, 0.2) is 0 Å². The molecule has 0 radical (unpaired) electrons. The van der Waals surface area contributed by atoms with Crippen LogP contribution >= 0.6 is 12.6 Å². The van der Waals surface area contributed by atoms with Gasteiger partial charge in [0.15, 0.2) is 0 Å². The van der Waals surface area contributed by atoms with Crippen molar-refractivity contribution in [1.29, 1.82) is 0 Å². The molecule has 0 saturated carbocycles. The van der Waals surface area contributed by atoms with Crippen LogP contribution < -0.4 is 10.8 Å². The van der Waals surface area contributed by atoms with Gasteiger partial charge in [0.25, 0.3) is 0 Å². The van der Waals surface area contributed by atoms with Crippen molar-refractivity contribution >= 4 is 18.6 Å². The van der Waals surface area contributed by atoms with E-state index in [-0.39, 0.29) is 44.7 Å². The number of carboxylic acids is 1. The third kappa shape index (κ3) is 9.03. The number of nitrogens with two attached hydrogens (primary N) is 1. The first-order valence-corrected chi connectivity index (χ1v) is 2.39. The number of hydrogen-bond acceptors (Lipinski definition) is 4. The van der Waals surface area contributed by atoms with Crippen LogP contribution in [0.5, 0.6) is 0 Å². The third-order valence-corrected chi connectivity index (χ3v) is 0.893. The van der Waals surface area contributed by atoms with E-state index in [9.17, 15) is 9.90 Å².